The molecule has 0 bridgehead atoms. The topological polar surface area (TPSA) is 75.4 Å². The van der Waals surface area contributed by atoms with E-state index in [1.54, 1.807) is 0 Å². The van der Waals surface area contributed by atoms with Gasteiger partial charge < -0.3 is 10.0 Å². The van der Waals surface area contributed by atoms with Crippen LogP contribution >= 0.6 is 0 Å². The molecule has 2 rings (SSSR count). The summed E-state index contributed by atoms with van der Waals surface area (Å²) in [4.78, 5) is 24.9. The van der Waals surface area contributed by atoms with Crippen molar-refractivity contribution < 1.29 is 9.90 Å². The molecule has 1 fully saturated rings. The summed E-state index contributed by atoms with van der Waals surface area (Å²) in [6, 6.07) is 1.22. The quantitative estimate of drug-likeness (QED) is 0.795. The molecule has 1 aromatic heterocycles. The number of carbonyl (C=O) groups is 1. The van der Waals surface area contributed by atoms with E-state index in [-0.39, 0.29) is 11.6 Å². The van der Waals surface area contributed by atoms with Gasteiger partial charge in [0.05, 0.1) is 6.04 Å². The number of nitrogens with zero attached hydrogens (tertiary/aromatic N) is 3. The van der Waals surface area contributed by atoms with E-state index >= 15 is 0 Å². The van der Waals surface area contributed by atoms with Crippen LogP contribution in [0.3, 0.4) is 0 Å². The minimum absolute atomic E-state index is 0.0273. The zero-order chi connectivity index (χ0) is 12.4. The number of likely N-dealkylation sites (N-methyl/N-ethyl adjacent to an activating group) is 1. The van der Waals surface area contributed by atoms with Crippen molar-refractivity contribution in [3.8, 4) is 0 Å². The molecule has 1 aliphatic rings. The number of aromatic nitrogens is 2. The fraction of sp³-hybridized carbons (Fsp3) is 0.545. The Bertz CT molecular complexity index is 483. The van der Waals surface area contributed by atoms with Crippen LogP contribution in [0.25, 0.3) is 0 Å². The monoisotopic (exact) mass is 237 g/mol. The molecule has 1 aromatic rings. The lowest BCUT2D eigenvalue weighted by atomic mass is 10.1. The Labute approximate surface area is 98.5 Å². The minimum Gasteiger partial charge on any atom is -0.477 e. The Kier molecular flexibility index (Phi) is 3.23. The van der Waals surface area contributed by atoms with Crippen molar-refractivity contribution in [3.05, 3.63) is 28.2 Å². The van der Waals surface area contributed by atoms with Crippen molar-refractivity contribution in [2.75, 3.05) is 20.1 Å². The molecule has 0 radical (unpaired) electrons. The first kappa shape index (κ1) is 11.8. The molecular formula is C11H15N3O3. The molecule has 17 heavy (non-hydrogen) atoms. The second kappa shape index (κ2) is 4.67. The van der Waals surface area contributed by atoms with Gasteiger partial charge in [-0.3, -0.25) is 4.79 Å². The van der Waals surface area contributed by atoms with Gasteiger partial charge in [-0.05, 0) is 32.5 Å². The van der Waals surface area contributed by atoms with E-state index in [1.165, 1.54) is 16.9 Å². The Morgan fingerprint density at radius 3 is 3.00 bits per heavy atom. The molecular weight excluding hydrogens is 222 g/mol. The number of piperidine rings is 1. The zero-order valence-electron chi connectivity index (χ0n) is 9.67. The van der Waals surface area contributed by atoms with Crippen molar-refractivity contribution in [1.82, 2.24) is 14.7 Å². The van der Waals surface area contributed by atoms with Gasteiger partial charge in [-0.25, -0.2) is 9.48 Å². The SMILES string of the molecule is CN1CCCC(n2nccc(C(=O)O)c2=O)C1. The van der Waals surface area contributed by atoms with Crippen LogP contribution < -0.4 is 5.56 Å². The molecule has 6 nitrogen and oxygen atoms in total. The van der Waals surface area contributed by atoms with E-state index < -0.39 is 11.5 Å². The maximum Gasteiger partial charge on any atom is 0.341 e. The van der Waals surface area contributed by atoms with Gasteiger partial charge in [-0.1, -0.05) is 0 Å². The van der Waals surface area contributed by atoms with Crippen LogP contribution in [-0.4, -0.2) is 45.9 Å². The summed E-state index contributed by atoms with van der Waals surface area (Å²) < 4.78 is 1.30. The Morgan fingerprint density at radius 2 is 2.35 bits per heavy atom. The maximum absolute atomic E-state index is 11.9. The summed E-state index contributed by atoms with van der Waals surface area (Å²) >= 11 is 0. The van der Waals surface area contributed by atoms with Crippen LogP contribution in [0.2, 0.25) is 0 Å². The predicted molar refractivity (Wildman–Crippen MR) is 61.2 cm³/mol. The molecule has 1 saturated heterocycles. The second-order valence-electron chi connectivity index (χ2n) is 4.36. The number of hydrogen-bond acceptors (Lipinski definition) is 4. The number of carboxylic acids is 1. The molecule has 1 aliphatic heterocycles. The highest BCUT2D eigenvalue weighted by Gasteiger charge is 2.22. The highest BCUT2D eigenvalue weighted by atomic mass is 16.4. The molecule has 0 saturated carbocycles. The van der Waals surface area contributed by atoms with Gasteiger partial charge in [0.2, 0.25) is 0 Å². The van der Waals surface area contributed by atoms with E-state index in [0.29, 0.717) is 0 Å². The Morgan fingerprint density at radius 1 is 1.59 bits per heavy atom. The normalized spacial score (nSPS) is 21.4. The molecule has 0 aliphatic carbocycles. The lowest BCUT2D eigenvalue weighted by Gasteiger charge is -2.29. The predicted octanol–water partition coefficient (Wildman–Crippen LogP) is 0.208. The van der Waals surface area contributed by atoms with E-state index in [1.807, 2.05) is 7.05 Å². The molecule has 0 amide bonds. The second-order valence-corrected chi connectivity index (χ2v) is 4.36. The van der Waals surface area contributed by atoms with E-state index in [9.17, 15) is 9.59 Å². The number of hydrogen-bond donors (Lipinski definition) is 1. The highest BCUT2D eigenvalue weighted by Crippen LogP contribution is 2.17. The van der Waals surface area contributed by atoms with E-state index in [0.717, 1.165) is 25.9 Å². The van der Waals surface area contributed by atoms with Gasteiger partial charge >= 0.3 is 5.97 Å². The van der Waals surface area contributed by atoms with Crippen molar-refractivity contribution in [1.29, 1.82) is 0 Å². The van der Waals surface area contributed by atoms with Crippen LogP contribution in [0.5, 0.6) is 0 Å². The maximum atomic E-state index is 11.9. The van der Waals surface area contributed by atoms with Crippen LogP contribution in [0.1, 0.15) is 29.2 Å². The van der Waals surface area contributed by atoms with Crippen molar-refractivity contribution in [2.45, 2.75) is 18.9 Å². The van der Waals surface area contributed by atoms with Crippen LogP contribution in [0, 0.1) is 0 Å². The van der Waals surface area contributed by atoms with Crippen LogP contribution in [-0.2, 0) is 0 Å². The number of likely N-dealkylation sites (tertiary alicyclic amines) is 1. The Balaban J connectivity index is 2.35. The summed E-state index contributed by atoms with van der Waals surface area (Å²) in [7, 11) is 1.98. The van der Waals surface area contributed by atoms with Gasteiger partial charge in [-0.15, -0.1) is 0 Å². The van der Waals surface area contributed by atoms with Gasteiger partial charge in [0.15, 0.2) is 0 Å². The lowest BCUT2D eigenvalue weighted by Crippen LogP contribution is -2.40. The lowest BCUT2D eigenvalue weighted by molar-refractivity contribution is 0.0692. The molecule has 6 heteroatoms. The minimum atomic E-state index is -1.20. The van der Waals surface area contributed by atoms with Gasteiger partial charge in [0.1, 0.15) is 5.56 Å². The largest absolute Gasteiger partial charge is 0.477 e. The fourth-order valence-electron chi connectivity index (χ4n) is 2.19. The molecule has 1 N–H and O–H groups in total. The van der Waals surface area contributed by atoms with E-state index in [2.05, 4.69) is 10.00 Å². The molecule has 1 unspecified atom stereocenters. The average Bonchev–Trinajstić information content (AvgIpc) is 2.29. The summed E-state index contributed by atoms with van der Waals surface area (Å²) in [6.45, 7) is 1.74. The summed E-state index contributed by atoms with van der Waals surface area (Å²) in [5.41, 5.74) is -0.728. The Hall–Kier alpha value is -1.69. The molecule has 1 atom stereocenters. The third kappa shape index (κ3) is 2.36. The third-order valence-corrected chi connectivity index (χ3v) is 3.05. The number of carboxylic acid groups (broad SMARTS) is 1. The van der Waals surface area contributed by atoms with E-state index in [4.69, 9.17) is 5.11 Å². The van der Waals surface area contributed by atoms with Crippen LogP contribution in [0.4, 0.5) is 0 Å². The third-order valence-electron chi connectivity index (χ3n) is 3.05. The standard InChI is InChI=1S/C11H15N3O3/c1-13-6-2-3-8(7-13)14-10(15)9(11(16)17)4-5-12-14/h4-5,8H,2-3,6-7H2,1H3,(H,16,17). The summed E-state index contributed by atoms with van der Waals surface area (Å²) in [6.07, 6.45) is 3.23. The molecule has 92 valence electrons. The average molecular weight is 237 g/mol. The smallest absolute Gasteiger partial charge is 0.341 e. The first-order chi connectivity index (χ1) is 8.09. The van der Waals surface area contributed by atoms with Gasteiger partial charge in [-0.2, -0.15) is 5.10 Å². The van der Waals surface area contributed by atoms with Gasteiger partial charge in [0, 0.05) is 12.7 Å². The highest BCUT2D eigenvalue weighted by molar-refractivity contribution is 5.86. The molecule has 2 heterocycles. The van der Waals surface area contributed by atoms with Crippen LogP contribution in [0.15, 0.2) is 17.1 Å². The number of rotatable bonds is 2. The van der Waals surface area contributed by atoms with Crippen molar-refractivity contribution in [2.24, 2.45) is 0 Å². The summed E-state index contributed by atoms with van der Waals surface area (Å²) in [5.74, 6) is -1.20. The first-order valence-electron chi connectivity index (χ1n) is 5.59. The zero-order valence-corrected chi connectivity index (χ0v) is 9.67. The van der Waals surface area contributed by atoms with Crippen molar-refractivity contribution in [3.63, 3.8) is 0 Å². The van der Waals surface area contributed by atoms with Crippen molar-refractivity contribution >= 4 is 5.97 Å². The first-order valence-corrected chi connectivity index (χ1v) is 5.59. The number of aromatic carboxylic acids is 1. The summed E-state index contributed by atoms with van der Waals surface area (Å²) in [5, 5.41) is 12.9. The molecule has 0 spiro atoms. The fourth-order valence-corrected chi connectivity index (χ4v) is 2.19. The van der Waals surface area contributed by atoms with Gasteiger partial charge in [0.25, 0.3) is 5.56 Å². The molecule has 0 aromatic carbocycles.